The lowest BCUT2D eigenvalue weighted by molar-refractivity contribution is -0.384. The van der Waals surface area contributed by atoms with Crippen LogP contribution in [0.4, 0.5) is 10.1 Å². The van der Waals surface area contributed by atoms with E-state index >= 15 is 0 Å². The number of aliphatic carboxylic acids is 1. The molecule has 30 heavy (non-hydrogen) atoms. The first-order valence-corrected chi connectivity index (χ1v) is 8.92. The predicted molar refractivity (Wildman–Crippen MR) is 102 cm³/mol. The van der Waals surface area contributed by atoms with E-state index in [0.29, 0.717) is 5.56 Å². The van der Waals surface area contributed by atoms with Gasteiger partial charge in [-0.2, -0.15) is 0 Å². The summed E-state index contributed by atoms with van der Waals surface area (Å²) >= 11 is 0. The van der Waals surface area contributed by atoms with Crippen molar-refractivity contribution in [2.45, 2.75) is 25.3 Å². The number of nitrogens with one attached hydrogen (secondary N) is 1. The molecule has 2 N–H and O–H groups in total. The second-order valence-electron chi connectivity index (χ2n) is 6.26. The minimum atomic E-state index is -1.55. The molecule has 0 bridgehead atoms. The molecule has 0 unspecified atom stereocenters. The molecule has 0 aromatic heterocycles. The van der Waals surface area contributed by atoms with Crippen LogP contribution in [0, 0.1) is 15.9 Å². The van der Waals surface area contributed by atoms with Crippen LogP contribution in [-0.4, -0.2) is 40.5 Å². The van der Waals surface area contributed by atoms with E-state index in [9.17, 15) is 34.0 Å². The van der Waals surface area contributed by atoms with Crippen LogP contribution in [0.25, 0.3) is 0 Å². The van der Waals surface area contributed by atoms with Gasteiger partial charge in [-0.1, -0.05) is 12.1 Å². The van der Waals surface area contributed by atoms with Gasteiger partial charge in [0.05, 0.1) is 18.0 Å². The first-order valence-electron chi connectivity index (χ1n) is 8.92. The number of nitro groups is 1. The Morgan fingerprint density at radius 3 is 2.23 bits per heavy atom. The first-order chi connectivity index (χ1) is 14.2. The first kappa shape index (κ1) is 22.5. The number of hydrogen-bond acceptors (Lipinski definition) is 6. The molecule has 0 heterocycles. The largest absolute Gasteiger partial charge is 0.480 e. The van der Waals surface area contributed by atoms with Gasteiger partial charge in [0, 0.05) is 23.6 Å². The zero-order valence-corrected chi connectivity index (χ0v) is 15.9. The number of nitrogens with zero attached hydrogens (tertiary/aromatic N) is 1. The van der Waals surface area contributed by atoms with E-state index in [1.807, 2.05) is 0 Å². The van der Waals surface area contributed by atoms with Gasteiger partial charge in [-0.3, -0.25) is 19.7 Å². The van der Waals surface area contributed by atoms with Crippen LogP contribution < -0.4 is 5.32 Å². The molecular formula is C20H19FN2O7. The third-order valence-corrected chi connectivity index (χ3v) is 4.29. The molecule has 2 rings (SSSR count). The van der Waals surface area contributed by atoms with Crippen LogP contribution in [0.2, 0.25) is 0 Å². The molecule has 9 nitrogen and oxygen atoms in total. The van der Waals surface area contributed by atoms with E-state index in [4.69, 9.17) is 4.74 Å². The van der Waals surface area contributed by atoms with Crippen molar-refractivity contribution in [3.05, 3.63) is 75.6 Å². The van der Waals surface area contributed by atoms with Gasteiger partial charge in [0.2, 0.25) is 0 Å². The van der Waals surface area contributed by atoms with Crippen molar-refractivity contribution < 1.29 is 33.5 Å². The van der Waals surface area contributed by atoms with Crippen LogP contribution in [0.15, 0.2) is 48.5 Å². The molecule has 2 aromatic carbocycles. The molecule has 1 amide bonds. The Morgan fingerprint density at radius 2 is 1.73 bits per heavy atom. The second-order valence-corrected chi connectivity index (χ2v) is 6.26. The lowest BCUT2D eigenvalue weighted by Crippen LogP contribution is -2.45. The number of ether oxygens (including phenoxy) is 1. The van der Waals surface area contributed by atoms with Crippen LogP contribution in [0.3, 0.4) is 0 Å². The number of non-ortho nitro benzene ring substituents is 1. The number of carboxylic acids is 1. The van der Waals surface area contributed by atoms with Gasteiger partial charge in [0.25, 0.3) is 11.6 Å². The molecular weight excluding hydrogens is 399 g/mol. The van der Waals surface area contributed by atoms with Crippen molar-refractivity contribution in [3.8, 4) is 0 Å². The number of hydrogen-bond donors (Lipinski definition) is 2. The molecule has 0 fully saturated rings. The third kappa shape index (κ3) is 5.84. The summed E-state index contributed by atoms with van der Waals surface area (Å²) in [6.07, 6.45) is -0.383. The number of carboxylic acid groups (broad SMARTS) is 1. The Labute approximate surface area is 170 Å². The maximum atomic E-state index is 13.1. The van der Waals surface area contributed by atoms with Gasteiger partial charge in [0.15, 0.2) is 0 Å². The number of esters is 1. The number of rotatable bonds is 9. The highest BCUT2D eigenvalue weighted by Crippen LogP contribution is 2.27. The SMILES string of the molecule is CCOC(=O)C[C@H](c1ccc([N+](=O)[O-])cc1)[C@@H](NC(=O)c1ccc(F)cc1)C(=O)O. The third-order valence-electron chi connectivity index (χ3n) is 4.29. The molecule has 2 aromatic rings. The zero-order chi connectivity index (χ0) is 22.3. The Kier molecular flexibility index (Phi) is 7.56. The van der Waals surface area contributed by atoms with Gasteiger partial charge in [-0.05, 0) is 36.8 Å². The Bertz CT molecular complexity index is 929. The maximum Gasteiger partial charge on any atom is 0.326 e. The molecule has 158 valence electrons. The van der Waals surface area contributed by atoms with Crippen molar-refractivity contribution in [1.82, 2.24) is 5.32 Å². The molecule has 0 aliphatic carbocycles. The minimum Gasteiger partial charge on any atom is -0.480 e. The standard InChI is InChI=1S/C20H19FN2O7/c1-2-30-17(24)11-16(12-5-9-15(10-6-12)23(28)29)18(20(26)27)22-19(25)13-3-7-14(21)8-4-13/h3-10,16,18H,2,11H2,1H3,(H,22,25)(H,26,27)/t16-,18-/m1/s1. The summed E-state index contributed by atoms with van der Waals surface area (Å²) < 4.78 is 18.0. The average molecular weight is 418 g/mol. The fourth-order valence-electron chi connectivity index (χ4n) is 2.83. The molecule has 0 saturated heterocycles. The molecule has 0 aliphatic heterocycles. The number of benzene rings is 2. The normalized spacial score (nSPS) is 12.5. The fraction of sp³-hybridized carbons (Fsp3) is 0.250. The van der Waals surface area contributed by atoms with Gasteiger partial charge in [-0.15, -0.1) is 0 Å². The predicted octanol–water partition coefficient (Wildman–Crippen LogP) is 2.65. The van der Waals surface area contributed by atoms with Crippen molar-refractivity contribution in [2.24, 2.45) is 0 Å². The van der Waals surface area contributed by atoms with E-state index in [1.54, 1.807) is 6.92 Å². The van der Waals surface area contributed by atoms with Gasteiger partial charge in [-0.25, -0.2) is 9.18 Å². The minimum absolute atomic E-state index is 0.0289. The van der Waals surface area contributed by atoms with E-state index in [0.717, 1.165) is 12.1 Å². The highest BCUT2D eigenvalue weighted by Gasteiger charge is 2.33. The van der Waals surface area contributed by atoms with Crippen LogP contribution in [-0.2, 0) is 14.3 Å². The summed E-state index contributed by atoms with van der Waals surface area (Å²) in [6, 6.07) is 7.93. The Balaban J connectivity index is 2.36. The topological polar surface area (TPSA) is 136 Å². The van der Waals surface area contributed by atoms with Crippen molar-refractivity contribution >= 4 is 23.5 Å². The monoisotopic (exact) mass is 418 g/mol. The van der Waals surface area contributed by atoms with Gasteiger partial charge >= 0.3 is 11.9 Å². The number of halogens is 1. The molecule has 2 atom stereocenters. The van der Waals surface area contributed by atoms with E-state index in [1.165, 1.54) is 36.4 Å². The fourth-order valence-corrected chi connectivity index (χ4v) is 2.83. The van der Waals surface area contributed by atoms with Crippen molar-refractivity contribution in [2.75, 3.05) is 6.61 Å². The van der Waals surface area contributed by atoms with Crippen LogP contribution in [0.1, 0.15) is 35.2 Å². The molecule has 10 heteroatoms. The van der Waals surface area contributed by atoms with Crippen LogP contribution in [0.5, 0.6) is 0 Å². The molecule has 0 spiro atoms. The summed E-state index contributed by atoms with van der Waals surface area (Å²) in [7, 11) is 0. The van der Waals surface area contributed by atoms with Gasteiger partial charge in [0.1, 0.15) is 11.9 Å². The van der Waals surface area contributed by atoms with E-state index in [-0.39, 0.29) is 24.3 Å². The number of carbonyl (C=O) groups is 3. The lowest BCUT2D eigenvalue weighted by Gasteiger charge is -2.25. The van der Waals surface area contributed by atoms with Crippen molar-refractivity contribution in [3.63, 3.8) is 0 Å². The maximum absolute atomic E-state index is 13.1. The summed E-state index contributed by atoms with van der Waals surface area (Å²) in [5.41, 5.74) is 0.109. The van der Waals surface area contributed by atoms with E-state index in [2.05, 4.69) is 5.32 Å². The Morgan fingerprint density at radius 1 is 1.13 bits per heavy atom. The van der Waals surface area contributed by atoms with Gasteiger partial charge < -0.3 is 15.2 Å². The lowest BCUT2D eigenvalue weighted by atomic mass is 9.88. The molecule has 0 aliphatic rings. The summed E-state index contributed by atoms with van der Waals surface area (Å²) in [5.74, 6) is -4.52. The van der Waals surface area contributed by atoms with E-state index < -0.39 is 40.5 Å². The highest BCUT2D eigenvalue weighted by atomic mass is 19.1. The smallest absolute Gasteiger partial charge is 0.326 e. The highest BCUT2D eigenvalue weighted by molar-refractivity contribution is 5.97. The number of amides is 1. The molecule has 0 radical (unpaired) electrons. The summed E-state index contributed by atoms with van der Waals surface area (Å²) in [6.45, 7) is 1.66. The molecule has 0 saturated carbocycles. The second kappa shape index (κ2) is 10.1. The van der Waals surface area contributed by atoms with Crippen LogP contribution >= 0.6 is 0 Å². The zero-order valence-electron chi connectivity index (χ0n) is 15.9. The number of carbonyl (C=O) groups excluding carboxylic acids is 2. The quantitative estimate of drug-likeness (QED) is 0.363. The Hall–Kier alpha value is -3.82. The number of nitro benzene ring substituents is 1. The summed E-state index contributed by atoms with van der Waals surface area (Å²) in [4.78, 5) is 46.7. The van der Waals surface area contributed by atoms with Crippen molar-refractivity contribution in [1.29, 1.82) is 0 Å². The average Bonchev–Trinajstić information content (AvgIpc) is 2.71. The summed E-state index contributed by atoms with van der Waals surface area (Å²) in [5, 5.41) is 22.9.